The number of nitro groups is 1. The first-order chi connectivity index (χ1) is 28.8. The molecule has 2 saturated heterocycles. The molecule has 2 aliphatic carbocycles. The Balaban J connectivity index is 1.27. The molecule has 4 aliphatic rings. The fraction of sp³-hybridized carbons (Fsp3) is 0.525. The van der Waals surface area contributed by atoms with Gasteiger partial charge in [0.25, 0.3) is 0 Å². The molecule has 21 nitrogen and oxygen atoms in total. The van der Waals surface area contributed by atoms with Crippen LogP contribution >= 0.6 is 0 Å². The maximum Gasteiger partial charge on any atom is 0.434 e. The number of nitrogens with zero attached hydrogens (tertiary/aromatic N) is 4. The number of aliphatic hydroxyl groups excluding tert-OH is 2. The molecule has 0 spiro atoms. The number of phenols is 2. The summed E-state index contributed by atoms with van der Waals surface area (Å²) in [5.41, 5.74) is -3.80. The molecule has 0 saturated carbocycles. The number of methoxy groups -OCH3 is 1. The fourth-order valence-electron chi connectivity index (χ4n) is 8.58. The Bertz CT molecular complexity index is 2290. The standard InChI is InChI=1S/C40H46N4O17/c1-16(45)10-26-59-18(3)37(51)43(39(52)57-15-20-14-41-38(42(20)5)44(54)55)23-11-27(58-17(2)36(23)61-26)60-25-13-40(53,19(4)46)12-22-29(25)35(50)31-30(33(22)48)32(47)21-8-7-9-24(56-6)28(21)34(31)49/h7-9,14,16-18,23,25-27,36-37,45,48,50-51,53H,10-13,15H2,1-6H3. The Morgan fingerprint density at radius 2 is 1.79 bits per heavy atom. The molecular formula is C40H46N4O17. The van der Waals surface area contributed by atoms with Gasteiger partial charge in [-0.05, 0) is 38.7 Å². The lowest BCUT2D eigenvalue weighted by Gasteiger charge is -2.50. The molecule has 3 heterocycles. The number of aromatic hydroxyl groups is 2. The summed E-state index contributed by atoms with van der Waals surface area (Å²) in [5.74, 6) is -4.34. The zero-order valence-electron chi connectivity index (χ0n) is 34.0. The Morgan fingerprint density at radius 1 is 1.08 bits per heavy atom. The van der Waals surface area contributed by atoms with Crippen molar-refractivity contribution in [1.82, 2.24) is 14.5 Å². The molecule has 0 radical (unpaired) electrons. The van der Waals surface area contributed by atoms with Gasteiger partial charge in [-0.25, -0.2) is 9.36 Å². The summed E-state index contributed by atoms with van der Waals surface area (Å²) in [7, 11) is 2.66. The molecule has 5 N–H and O–H groups in total. The Morgan fingerprint density at radius 3 is 2.43 bits per heavy atom. The number of amides is 1. The summed E-state index contributed by atoms with van der Waals surface area (Å²) in [6.07, 6.45) is -11.2. The number of phenolic OH excluding ortho intramolecular Hbond substituents is 2. The minimum absolute atomic E-state index is 0.0379. The highest BCUT2D eigenvalue weighted by Gasteiger charge is 2.53. The van der Waals surface area contributed by atoms with Crippen molar-refractivity contribution in [3.63, 3.8) is 0 Å². The molecule has 61 heavy (non-hydrogen) atoms. The number of rotatable bonds is 9. The summed E-state index contributed by atoms with van der Waals surface area (Å²) in [4.78, 5) is 70.4. The van der Waals surface area contributed by atoms with E-state index in [4.69, 9.17) is 28.4 Å². The van der Waals surface area contributed by atoms with Crippen LogP contribution in [0.2, 0.25) is 0 Å². The number of ether oxygens (including phenoxy) is 6. The van der Waals surface area contributed by atoms with Crippen LogP contribution in [0, 0.1) is 10.1 Å². The second-order valence-corrected chi connectivity index (χ2v) is 15.7. The third-order valence-electron chi connectivity index (χ3n) is 11.7. The van der Waals surface area contributed by atoms with E-state index < -0.39 is 137 Å². The minimum atomic E-state index is -2.21. The van der Waals surface area contributed by atoms with Crippen LogP contribution < -0.4 is 4.74 Å². The molecule has 2 fully saturated rings. The van der Waals surface area contributed by atoms with Crippen molar-refractivity contribution in [3.8, 4) is 17.2 Å². The number of carbonyl (C=O) groups is 4. The predicted octanol–water partition coefficient (Wildman–Crippen LogP) is 2.21. The Hall–Kier alpha value is -5.55. The highest BCUT2D eigenvalue weighted by Crippen LogP contribution is 2.53. The normalized spacial score (nSPS) is 29.0. The number of carbonyl (C=O) groups excluding carboxylic acids is 4. The van der Waals surface area contributed by atoms with Gasteiger partial charge >= 0.3 is 12.0 Å². The van der Waals surface area contributed by atoms with E-state index in [0.29, 0.717) is 0 Å². The van der Waals surface area contributed by atoms with Gasteiger partial charge in [0.05, 0.1) is 55.2 Å². The topological polar surface area (TPSA) is 289 Å². The molecule has 10 unspecified atom stereocenters. The van der Waals surface area contributed by atoms with Crippen LogP contribution in [0.15, 0.2) is 24.4 Å². The van der Waals surface area contributed by atoms with Crippen molar-refractivity contribution >= 4 is 29.4 Å². The summed E-state index contributed by atoms with van der Waals surface area (Å²) < 4.78 is 37.0. The van der Waals surface area contributed by atoms with Crippen LogP contribution in [-0.2, 0) is 48.6 Å². The van der Waals surface area contributed by atoms with Crippen molar-refractivity contribution in [3.05, 3.63) is 73.6 Å². The van der Waals surface area contributed by atoms with E-state index in [1.54, 1.807) is 6.92 Å². The summed E-state index contributed by atoms with van der Waals surface area (Å²) >= 11 is 0. The molecular weight excluding hydrogens is 808 g/mol. The monoisotopic (exact) mass is 854 g/mol. The second kappa shape index (κ2) is 16.4. The summed E-state index contributed by atoms with van der Waals surface area (Å²) in [5, 5.41) is 68.8. The quantitative estimate of drug-likeness (QED) is 0.0916. The molecule has 21 heteroatoms. The molecule has 2 aliphatic heterocycles. The molecule has 1 amide bonds. The van der Waals surface area contributed by atoms with Crippen LogP contribution in [-0.4, -0.2) is 130 Å². The number of Topliss-reactive ketones (excluding diaryl/α,β-unsaturated/α-hetero) is 1. The smallest absolute Gasteiger partial charge is 0.434 e. The van der Waals surface area contributed by atoms with Gasteiger partial charge in [0.2, 0.25) is 5.78 Å². The van der Waals surface area contributed by atoms with E-state index in [-0.39, 0.29) is 46.5 Å². The molecule has 3 aromatic rings. The number of fused-ring (bicyclic) bond motifs is 4. The van der Waals surface area contributed by atoms with E-state index in [1.165, 1.54) is 46.2 Å². The molecule has 2 aromatic carbocycles. The number of aliphatic hydroxyl groups is 3. The largest absolute Gasteiger partial charge is 0.507 e. The Labute approximate surface area is 347 Å². The Kier molecular flexibility index (Phi) is 11.7. The van der Waals surface area contributed by atoms with Crippen LogP contribution in [0.3, 0.4) is 0 Å². The molecule has 1 aromatic heterocycles. The number of hydrogen-bond acceptors (Lipinski definition) is 18. The predicted molar refractivity (Wildman–Crippen MR) is 204 cm³/mol. The lowest BCUT2D eigenvalue weighted by Crippen LogP contribution is -2.65. The van der Waals surface area contributed by atoms with Gasteiger partial charge in [0.15, 0.2) is 42.7 Å². The van der Waals surface area contributed by atoms with Crippen molar-refractivity contribution in [2.24, 2.45) is 7.05 Å². The van der Waals surface area contributed by atoms with E-state index >= 15 is 0 Å². The number of hydrogen-bond donors (Lipinski definition) is 5. The number of ketones is 3. The van der Waals surface area contributed by atoms with Crippen LogP contribution in [0.5, 0.6) is 17.2 Å². The first-order valence-electron chi connectivity index (χ1n) is 19.5. The van der Waals surface area contributed by atoms with E-state index in [0.717, 1.165) is 22.6 Å². The van der Waals surface area contributed by atoms with Gasteiger partial charge in [-0.3, -0.25) is 19.3 Å². The summed E-state index contributed by atoms with van der Waals surface area (Å²) in [6.45, 7) is 5.15. The van der Waals surface area contributed by atoms with Crippen molar-refractivity contribution < 1.29 is 78.1 Å². The molecule has 0 bridgehead atoms. The maximum atomic E-state index is 14.1. The molecule has 7 rings (SSSR count). The first kappa shape index (κ1) is 43.5. The molecule has 10 atom stereocenters. The van der Waals surface area contributed by atoms with Gasteiger partial charge < -0.3 is 64.1 Å². The van der Waals surface area contributed by atoms with Crippen molar-refractivity contribution in [1.29, 1.82) is 0 Å². The van der Waals surface area contributed by atoms with E-state index in [1.807, 2.05) is 0 Å². The van der Waals surface area contributed by atoms with Crippen LogP contribution in [0.1, 0.15) is 102 Å². The summed E-state index contributed by atoms with van der Waals surface area (Å²) in [6, 6.07) is 3.14. The van der Waals surface area contributed by atoms with Crippen molar-refractivity contribution in [2.75, 3.05) is 7.11 Å². The average molecular weight is 855 g/mol. The second-order valence-electron chi connectivity index (χ2n) is 15.7. The SMILES string of the molecule is COc1cccc2c1C(=O)c1c(O)c3c(c(O)c1C2=O)CC(O)(C(C)=O)CC3OC1CC2C(OC(CC(C)O)OC(C)C(O)N2C(=O)OCc2cnc([N+](=O)[O-])n2C)C(C)O1. The number of aromatic nitrogens is 2. The van der Waals surface area contributed by atoms with Crippen molar-refractivity contribution in [2.45, 2.75) is 121 Å². The van der Waals surface area contributed by atoms with Gasteiger partial charge in [-0.1, -0.05) is 17.1 Å². The highest BCUT2D eigenvalue weighted by atomic mass is 16.7. The van der Waals surface area contributed by atoms with Gasteiger partial charge in [0.1, 0.15) is 41.3 Å². The zero-order valence-corrected chi connectivity index (χ0v) is 34.0. The van der Waals surface area contributed by atoms with Crippen LogP contribution in [0.25, 0.3) is 0 Å². The third kappa shape index (κ3) is 7.59. The van der Waals surface area contributed by atoms with E-state index in [2.05, 4.69) is 4.98 Å². The van der Waals surface area contributed by atoms with E-state index in [9.17, 15) is 54.8 Å². The minimum Gasteiger partial charge on any atom is -0.507 e. The average Bonchev–Trinajstić information content (AvgIpc) is 3.57. The lowest BCUT2D eigenvalue weighted by molar-refractivity contribution is -0.396. The maximum absolute atomic E-state index is 14.1. The van der Waals surface area contributed by atoms with Crippen LogP contribution in [0.4, 0.5) is 10.7 Å². The lowest BCUT2D eigenvalue weighted by atomic mass is 9.72. The third-order valence-corrected chi connectivity index (χ3v) is 11.7. The zero-order chi connectivity index (χ0) is 44.4. The number of benzene rings is 2. The van der Waals surface area contributed by atoms with Gasteiger partial charge in [-0.15, -0.1) is 0 Å². The van der Waals surface area contributed by atoms with Gasteiger partial charge in [-0.2, -0.15) is 0 Å². The fourth-order valence-corrected chi connectivity index (χ4v) is 8.58. The van der Waals surface area contributed by atoms with Gasteiger partial charge in [0, 0.05) is 42.4 Å². The number of imidazole rings is 1. The highest BCUT2D eigenvalue weighted by molar-refractivity contribution is 6.31. The molecule has 328 valence electrons. The first-order valence-corrected chi connectivity index (χ1v) is 19.5.